The van der Waals surface area contributed by atoms with Gasteiger partial charge in [-0.1, -0.05) is 13.8 Å². The lowest BCUT2D eigenvalue weighted by Crippen LogP contribution is -2.39. The molecule has 0 atom stereocenters. The van der Waals surface area contributed by atoms with E-state index in [0.717, 1.165) is 39.4 Å². The van der Waals surface area contributed by atoms with Gasteiger partial charge >= 0.3 is 0 Å². The van der Waals surface area contributed by atoms with Crippen LogP contribution in [0.15, 0.2) is 0 Å². The van der Waals surface area contributed by atoms with Crippen LogP contribution in [0.2, 0.25) is 0 Å². The Morgan fingerprint density at radius 3 is 2.46 bits per heavy atom. The Balaban J connectivity index is 2.17. The molecule has 0 aromatic heterocycles. The first-order valence-corrected chi connectivity index (χ1v) is 5.14. The van der Waals surface area contributed by atoms with Gasteiger partial charge in [-0.15, -0.1) is 0 Å². The van der Waals surface area contributed by atoms with Crippen LogP contribution in [0, 0.1) is 5.41 Å². The van der Waals surface area contributed by atoms with Crippen molar-refractivity contribution in [3.05, 3.63) is 0 Å². The molecule has 13 heavy (non-hydrogen) atoms. The van der Waals surface area contributed by atoms with Crippen molar-refractivity contribution in [3.8, 4) is 0 Å². The molecule has 0 aromatic carbocycles. The quantitative estimate of drug-likeness (QED) is 0.702. The molecule has 1 aliphatic rings. The molecule has 1 rings (SSSR count). The molecule has 0 unspecified atom stereocenters. The molecule has 0 aromatic rings. The molecule has 78 valence electrons. The van der Waals surface area contributed by atoms with Crippen LogP contribution in [0.4, 0.5) is 0 Å². The maximum absolute atomic E-state index is 5.68. The lowest BCUT2D eigenvalue weighted by atomic mass is 9.89. The Morgan fingerprint density at radius 1 is 1.31 bits per heavy atom. The van der Waals surface area contributed by atoms with Gasteiger partial charge in [0.2, 0.25) is 0 Å². The van der Waals surface area contributed by atoms with E-state index in [9.17, 15) is 0 Å². The van der Waals surface area contributed by atoms with Crippen molar-refractivity contribution in [3.63, 3.8) is 0 Å². The summed E-state index contributed by atoms with van der Waals surface area (Å²) in [4.78, 5) is 2.46. The van der Waals surface area contributed by atoms with Gasteiger partial charge in [-0.05, 0) is 24.9 Å². The highest BCUT2D eigenvalue weighted by Gasteiger charge is 2.18. The van der Waals surface area contributed by atoms with E-state index in [1.165, 1.54) is 6.42 Å². The molecule has 2 N–H and O–H groups in total. The minimum absolute atomic E-state index is 0.290. The summed E-state index contributed by atoms with van der Waals surface area (Å²) in [5.41, 5.74) is 5.97. The molecule has 0 bridgehead atoms. The minimum Gasteiger partial charge on any atom is -0.379 e. The smallest absolute Gasteiger partial charge is 0.0594 e. The first-order chi connectivity index (χ1) is 6.14. The standard InChI is InChI=1S/C10H22N2O/c1-10(2,9-11)3-4-12-5-7-13-8-6-12/h3-9,11H2,1-2H3. The number of nitrogens with zero attached hydrogens (tertiary/aromatic N) is 1. The van der Waals surface area contributed by atoms with Crippen molar-refractivity contribution >= 4 is 0 Å². The fourth-order valence-electron chi connectivity index (χ4n) is 1.39. The average molecular weight is 186 g/mol. The molecular weight excluding hydrogens is 164 g/mol. The number of hydrogen-bond acceptors (Lipinski definition) is 3. The van der Waals surface area contributed by atoms with Crippen LogP contribution in [0.25, 0.3) is 0 Å². The molecular formula is C10H22N2O. The lowest BCUT2D eigenvalue weighted by Gasteiger charge is -2.30. The lowest BCUT2D eigenvalue weighted by molar-refractivity contribution is 0.0330. The van der Waals surface area contributed by atoms with Gasteiger partial charge in [0.05, 0.1) is 13.2 Å². The fourth-order valence-corrected chi connectivity index (χ4v) is 1.39. The van der Waals surface area contributed by atoms with Crippen LogP contribution in [-0.4, -0.2) is 44.3 Å². The Kier molecular flexibility index (Phi) is 4.16. The number of rotatable bonds is 4. The van der Waals surface area contributed by atoms with Crippen molar-refractivity contribution in [2.24, 2.45) is 11.1 Å². The number of nitrogens with two attached hydrogens (primary N) is 1. The topological polar surface area (TPSA) is 38.5 Å². The molecule has 3 heteroatoms. The van der Waals surface area contributed by atoms with E-state index < -0.39 is 0 Å². The van der Waals surface area contributed by atoms with E-state index in [-0.39, 0.29) is 5.41 Å². The fraction of sp³-hybridized carbons (Fsp3) is 1.00. The molecule has 0 spiro atoms. The van der Waals surface area contributed by atoms with Gasteiger partial charge in [0.15, 0.2) is 0 Å². The van der Waals surface area contributed by atoms with Crippen molar-refractivity contribution < 1.29 is 4.74 Å². The Morgan fingerprint density at radius 2 is 1.92 bits per heavy atom. The van der Waals surface area contributed by atoms with E-state index in [2.05, 4.69) is 18.7 Å². The highest BCUT2D eigenvalue weighted by Crippen LogP contribution is 2.18. The van der Waals surface area contributed by atoms with Crippen LogP contribution < -0.4 is 5.73 Å². The predicted octanol–water partition coefficient (Wildman–Crippen LogP) is 0.694. The first-order valence-electron chi connectivity index (χ1n) is 5.14. The first kappa shape index (κ1) is 11.0. The van der Waals surface area contributed by atoms with Crippen LogP contribution in [0.1, 0.15) is 20.3 Å². The molecule has 3 nitrogen and oxygen atoms in total. The number of morpholine rings is 1. The molecule has 1 heterocycles. The zero-order valence-electron chi connectivity index (χ0n) is 8.88. The van der Waals surface area contributed by atoms with Crippen molar-refractivity contribution in [1.29, 1.82) is 0 Å². The third kappa shape index (κ3) is 4.07. The summed E-state index contributed by atoms with van der Waals surface area (Å²) in [5.74, 6) is 0. The van der Waals surface area contributed by atoms with Crippen molar-refractivity contribution in [1.82, 2.24) is 4.90 Å². The van der Waals surface area contributed by atoms with Gasteiger partial charge in [0, 0.05) is 13.1 Å². The third-order valence-electron chi connectivity index (χ3n) is 2.76. The maximum atomic E-state index is 5.68. The van der Waals surface area contributed by atoms with E-state index in [1.807, 2.05) is 0 Å². The van der Waals surface area contributed by atoms with E-state index in [0.29, 0.717) is 0 Å². The second-order valence-corrected chi connectivity index (χ2v) is 4.57. The van der Waals surface area contributed by atoms with Gasteiger partial charge in [-0.3, -0.25) is 4.90 Å². The zero-order valence-corrected chi connectivity index (χ0v) is 8.88. The zero-order chi connectivity index (χ0) is 9.73. The third-order valence-corrected chi connectivity index (χ3v) is 2.76. The van der Waals surface area contributed by atoms with Crippen LogP contribution >= 0.6 is 0 Å². The second kappa shape index (κ2) is 4.94. The number of hydrogen-bond donors (Lipinski definition) is 1. The van der Waals surface area contributed by atoms with Gasteiger partial charge in [0.1, 0.15) is 0 Å². The normalized spacial score (nSPS) is 20.5. The monoisotopic (exact) mass is 186 g/mol. The summed E-state index contributed by atoms with van der Waals surface area (Å²) in [6.07, 6.45) is 1.18. The summed E-state index contributed by atoms with van der Waals surface area (Å²) >= 11 is 0. The summed E-state index contributed by atoms with van der Waals surface area (Å²) in [7, 11) is 0. The Hall–Kier alpha value is -0.120. The van der Waals surface area contributed by atoms with E-state index in [1.54, 1.807) is 0 Å². The van der Waals surface area contributed by atoms with Crippen LogP contribution in [-0.2, 0) is 4.74 Å². The Labute approximate surface area is 81.2 Å². The summed E-state index contributed by atoms with van der Waals surface area (Å²) in [6, 6.07) is 0. The van der Waals surface area contributed by atoms with Crippen molar-refractivity contribution in [2.45, 2.75) is 20.3 Å². The number of ether oxygens (including phenoxy) is 1. The van der Waals surface area contributed by atoms with Gasteiger partial charge < -0.3 is 10.5 Å². The SMILES string of the molecule is CC(C)(CN)CCN1CCOCC1. The van der Waals surface area contributed by atoms with E-state index >= 15 is 0 Å². The second-order valence-electron chi connectivity index (χ2n) is 4.57. The molecule has 1 fully saturated rings. The van der Waals surface area contributed by atoms with Crippen LogP contribution in [0.5, 0.6) is 0 Å². The van der Waals surface area contributed by atoms with Crippen molar-refractivity contribution in [2.75, 3.05) is 39.4 Å². The summed E-state index contributed by atoms with van der Waals surface area (Å²) in [6.45, 7) is 10.3. The van der Waals surface area contributed by atoms with Gasteiger partial charge in [-0.25, -0.2) is 0 Å². The molecule has 0 amide bonds. The highest BCUT2D eigenvalue weighted by molar-refractivity contribution is 4.72. The Bertz CT molecular complexity index is 142. The summed E-state index contributed by atoms with van der Waals surface area (Å²) in [5, 5.41) is 0. The predicted molar refractivity (Wildman–Crippen MR) is 54.7 cm³/mol. The molecule has 0 aliphatic carbocycles. The summed E-state index contributed by atoms with van der Waals surface area (Å²) < 4.78 is 5.29. The highest BCUT2D eigenvalue weighted by atomic mass is 16.5. The average Bonchev–Trinajstić information content (AvgIpc) is 2.17. The molecule has 0 saturated carbocycles. The molecule has 0 radical (unpaired) electrons. The van der Waals surface area contributed by atoms with E-state index in [4.69, 9.17) is 10.5 Å². The van der Waals surface area contributed by atoms with Gasteiger partial charge in [0.25, 0.3) is 0 Å². The maximum Gasteiger partial charge on any atom is 0.0594 e. The molecule has 1 saturated heterocycles. The molecule has 1 aliphatic heterocycles. The minimum atomic E-state index is 0.290. The van der Waals surface area contributed by atoms with Gasteiger partial charge in [-0.2, -0.15) is 0 Å². The largest absolute Gasteiger partial charge is 0.379 e. The van der Waals surface area contributed by atoms with Crippen LogP contribution in [0.3, 0.4) is 0 Å².